The fraction of sp³-hybridized carbons (Fsp3) is 0.333. The highest BCUT2D eigenvalue weighted by molar-refractivity contribution is 5.85. The highest BCUT2D eigenvalue weighted by atomic mass is 16.4. The summed E-state index contributed by atoms with van der Waals surface area (Å²) in [6.45, 7) is 1.79. The fourth-order valence-electron chi connectivity index (χ4n) is 2.26. The summed E-state index contributed by atoms with van der Waals surface area (Å²) in [5.74, 6) is -0.742. The smallest absolute Gasteiger partial charge is 0.328 e. The van der Waals surface area contributed by atoms with Crippen molar-refractivity contribution >= 4 is 24.0 Å². The molecule has 1 N–H and O–H groups in total. The number of rotatable bonds is 4. The van der Waals surface area contributed by atoms with Gasteiger partial charge in [-0.3, -0.25) is 0 Å². The van der Waals surface area contributed by atoms with E-state index in [0.717, 1.165) is 49.5 Å². The number of piperidine rings is 1. The molecule has 100 valence electrons. The SMILES string of the molecule is O=CC1CCN(c2ccc(/C=C/C(=O)O)cc2)CC1. The zero-order valence-electron chi connectivity index (χ0n) is 10.7. The summed E-state index contributed by atoms with van der Waals surface area (Å²) < 4.78 is 0. The van der Waals surface area contributed by atoms with Gasteiger partial charge in [0.25, 0.3) is 0 Å². The van der Waals surface area contributed by atoms with Crippen molar-refractivity contribution < 1.29 is 14.7 Å². The quantitative estimate of drug-likeness (QED) is 0.665. The highest BCUT2D eigenvalue weighted by Gasteiger charge is 2.18. The van der Waals surface area contributed by atoms with Gasteiger partial charge in [-0.1, -0.05) is 12.1 Å². The van der Waals surface area contributed by atoms with Crippen LogP contribution >= 0.6 is 0 Å². The van der Waals surface area contributed by atoms with E-state index in [1.165, 1.54) is 0 Å². The van der Waals surface area contributed by atoms with Crippen LogP contribution < -0.4 is 4.90 Å². The molecule has 1 aliphatic heterocycles. The van der Waals surface area contributed by atoms with Crippen LogP contribution in [-0.4, -0.2) is 30.5 Å². The molecule has 0 radical (unpaired) electrons. The summed E-state index contributed by atoms with van der Waals surface area (Å²) in [5, 5.41) is 8.56. The summed E-state index contributed by atoms with van der Waals surface area (Å²) in [6, 6.07) is 7.78. The Balaban J connectivity index is 1.99. The fourth-order valence-corrected chi connectivity index (χ4v) is 2.26. The van der Waals surface area contributed by atoms with Crippen molar-refractivity contribution in [3.8, 4) is 0 Å². The van der Waals surface area contributed by atoms with Gasteiger partial charge >= 0.3 is 5.97 Å². The number of aliphatic carboxylic acids is 1. The first-order valence-corrected chi connectivity index (χ1v) is 6.40. The molecule has 1 aromatic rings. The molecule has 0 amide bonds. The molecule has 0 saturated carbocycles. The van der Waals surface area contributed by atoms with E-state index in [2.05, 4.69) is 4.90 Å². The van der Waals surface area contributed by atoms with Crippen molar-refractivity contribution in [2.75, 3.05) is 18.0 Å². The van der Waals surface area contributed by atoms with Gasteiger partial charge in [0, 0.05) is 30.8 Å². The van der Waals surface area contributed by atoms with Crippen LogP contribution in [0.25, 0.3) is 6.08 Å². The second kappa shape index (κ2) is 6.18. The van der Waals surface area contributed by atoms with E-state index in [-0.39, 0.29) is 5.92 Å². The summed E-state index contributed by atoms with van der Waals surface area (Å²) >= 11 is 0. The Morgan fingerprint density at radius 3 is 2.37 bits per heavy atom. The third-order valence-electron chi connectivity index (χ3n) is 3.41. The van der Waals surface area contributed by atoms with Crippen LogP contribution in [0.4, 0.5) is 5.69 Å². The predicted octanol–water partition coefficient (Wildman–Crippen LogP) is 2.20. The Hall–Kier alpha value is -2.10. The van der Waals surface area contributed by atoms with Crippen molar-refractivity contribution in [1.29, 1.82) is 0 Å². The lowest BCUT2D eigenvalue weighted by Gasteiger charge is -2.31. The van der Waals surface area contributed by atoms with E-state index >= 15 is 0 Å². The summed E-state index contributed by atoms with van der Waals surface area (Å²) in [4.78, 5) is 23.4. The van der Waals surface area contributed by atoms with Gasteiger partial charge < -0.3 is 14.8 Å². The van der Waals surface area contributed by atoms with Crippen molar-refractivity contribution in [2.24, 2.45) is 5.92 Å². The van der Waals surface area contributed by atoms with Crippen LogP contribution in [0.5, 0.6) is 0 Å². The molecule has 0 aliphatic carbocycles. The zero-order chi connectivity index (χ0) is 13.7. The Morgan fingerprint density at radius 2 is 1.84 bits per heavy atom. The van der Waals surface area contributed by atoms with Crippen molar-refractivity contribution in [2.45, 2.75) is 12.8 Å². The first kappa shape index (κ1) is 13.3. The highest BCUT2D eigenvalue weighted by Crippen LogP contribution is 2.22. The maximum absolute atomic E-state index is 10.7. The average molecular weight is 259 g/mol. The normalized spacial score (nSPS) is 16.7. The van der Waals surface area contributed by atoms with E-state index in [1.807, 2.05) is 24.3 Å². The molecule has 1 saturated heterocycles. The van der Waals surface area contributed by atoms with Crippen LogP contribution in [-0.2, 0) is 9.59 Å². The van der Waals surface area contributed by atoms with Gasteiger partial charge in [0.2, 0.25) is 0 Å². The molecule has 0 aromatic heterocycles. The second-order valence-corrected chi connectivity index (χ2v) is 4.72. The van der Waals surface area contributed by atoms with Gasteiger partial charge in [0.15, 0.2) is 0 Å². The van der Waals surface area contributed by atoms with Crippen molar-refractivity contribution in [3.63, 3.8) is 0 Å². The third kappa shape index (κ3) is 3.68. The number of hydrogen-bond donors (Lipinski definition) is 1. The zero-order valence-corrected chi connectivity index (χ0v) is 10.7. The molecular formula is C15H17NO3. The number of hydrogen-bond acceptors (Lipinski definition) is 3. The largest absolute Gasteiger partial charge is 0.478 e. The first-order chi connectivity index (χ1) is 9.19. The topological polar surface area (TPSA) is 57.6 Å². The molecule has 1 aromatic carbocycles. The Morgan fingerprint density at radius 1 is 1.21 bits per heavy atom. The summed E-state index contributed by atoms with van der Waals surface area (Å²) in [7, 11) is 0. The minimum absolute atomic E-state index is 0.203. The van der Waals surface area contributed by atoms with Gasteiger partial charge in [-0.15, -0.1) is 0 Å². The minimum Gasteiger partial charge on any atom is -0.478 e. The number of carbonyl (C=O) groups excluding carboxylic acids is 1. The molecular weight excluding hydrogens is 242 g/mol. The van der Waals surface area contributed by atoms with Gasteiger partial charge in [-0.05, 0) is 36.6 Å². The van der Waals surface area contributed by atoms with E-state index in [9.17, 15) is 9.59 Å². The first-order valence-electron chi connectivity index (χ1n) is 6.40. The van der Waals surface area contributed by atoms with E-state index < -0.39 is 5.97 Å². The van der Waals surface area contributed by atoms with Gasteiger partial charge in [-0.25, -0.2) is 4.79 Å². The maximum atomic E-state index is 10.7. The lowest BCUT2D eigenvalue weighted by molar-refractivity contribution is -0.131. The molecule has 4 heteroatoms. The van der Waals surface area contributed by atoms with E-state index in [4.69, 9.17) is 5.11 Å². The third-order valence-corrected chi connectivity index (χ3v) is 3.41. The van der Waals surface area contributed by atoms with Crippen LogP contribution in [0.2, 0.25) is 0 Å². The number of carboxylic acids is 1. The number of carbonyl (C=O) groups is 2. The molecule has 0 bridgehead atoms. The molecule has 1 aliphatic rings. The summed E-state index contributed by atoms with van der Waals surface area (Å²) in [6.07, 6.45) is 5.57. The van der Waals surface area contributed by atoms with Crippen LogP contribution in [0.15, 0.2) is 30.3 Å². The molecule has 1 heterocycles. The molecule has 19 heavy (non-hydrogen) atoms. The monoisotopic (exact) mass is 259 g/mol. The molecule has 0 spiro atoms. The van der Waals surface area contributed by atoms with E-state index in [1.54, 1.807) is 6.08 Å². The number of nitrogens with zero attached hydrogens (tertiary/aromatic N) is 1. The van der Waals surface area contributed by atoms with Crippen molar-refractivity contribution in [3.05, 3.63) is 35.9 Å². The number of anilines is 1. The predicted molar refractivity (Wildman–Crippen MR) is 74.1 cm³/mol. The standard InChI is InChI=1S/C15H17NO3/c17-11-13-7-9-16(10-8-13)14-4-1-12(2-5-14)3-6-15(18)19/h1-6,11,13H,7-10H2,(H,18,19)/b6-3+. The van der Waals surface area contributed by atoms with Gasteiger partial charge in [0.1, 0.15) is 6.29 Å². The van der Waals surface area contributed by atoms with Gasteiger partial charge in [-0.2, -0.15) is 0 Å². The van der Waals surface area contributed by atoms with Crippen LogP contribution in [0, 0.1) is 5.92 Å². The number of benzene rings is 1. The second-order valence-electron chi connectivity index (χ2n) is 4.72. The molecule has 2 rings (SSSR count). The molecule has 1 fully saturated rings. The minimum atomic E-state index is -0.944. The maximum Gasteiger partial charge on any atom is 0.328 e. The molecule has 0 atom stereocenters. The molecule has 0 unspecified atom stereocenters. The summed E-state index contributed by atoms with van der Waals surface area (Å²) in [5.41, 5.74) is 1.99. The van der Waals surface area contributed by atoms with E-state index in [0.29, 0.717) is 0 Å². The Kier molecular flexibility index (Phi) is 4.34. The number of carboxylic acid groups (broad SMARTS) is 1. The Bertz CT molecular complexity index is 471. The lowest BCUT2D eigenvalue weighted by atomic mass is 9.98. The Labute approximate surface area is 112 Å². The number of aldehydes is 1. The van der Waals surface area contributed by atoms with Crippen LogP contribution in [0.1, 0.15) is 18.4 Å². The average Bonchev–Trinajstić information content (AvgIpc) is 2.46. The van der Waals surface area contributed by atoms with Crippen LogP contribution in [0.3, 0.4) is 0 Å². The molecule has 4 nitrogen and oxygen atoms in total. The van der Waals surface area contributed by atoms with Crippen molar-refractivity contribution in [1.82, 2.24) is 0 Å². The van der Waals surface area contributed by atoms with Gasteiger partial charge in [0.05, 0.1) is 0 Å². The lowest BCUT2D eigenvalue weighted by Crippen LogP contribution is -2.33.